The molecular weight excluding hydrogens is 234 g/mol. The number of benzene rings is 1. The van der Waals surface area contributed by atoms with Gasteiger partial charge in [-0.2, -0.15) is 0 Å². The fourth-order valence-corrected chi connectivity index (χ4v) is 3.82. The molecule has 1 heterocycles. The van der Waals surface area contributed by atoms with E-state index < -0.39 is 0 Å². The van der Waals surface area contributed by atoms with Crippen LogP contribution >= 0.6 is 0 Å². The van der Waals surface area contributed by atoms with E-state index in [4.69, 9.17) is 11.1 Å². The molecule has 1 aliphatic heterocycles. The van der Waals surface area contributed by atoms with Gasteiger partial charge in [0.2, 0.25) is 0 Å². The van der Waals surface area contributed by atoms with Crippen molar-refractivity contribution in [2.24, 2.45) is 11.7 Å². The molecule has 2 aliphatic rings. The van der Waals surface area contributed by atoms with Crippen LogP contribution < -0.4 is 10.6 Å². The molecule has 19 heavy (non-hydrogen) atoms. The highest BCUT2D eigenvalue weighted by molar-refractivity contribution is 6.00. The van der Waals surface area contributed by atoms with Gasteiger partial charge >= 0.3 is 0 Å². The molecule has 2 fully saturated rings. The summed E-state index contributed by atoms with van der Waals surface area (Å²) in [6.45, 7) is 3.18. The number of fused-ring (bicyclic) bond motifs is 1. The quantitative estimate of drug-likeness (QED) is 0.632. The molecule has 1 aromatic rings. The van der Waals surface area contributed by atoms with Gasteiger partial charge in [0.25, 0.3) is 0 Å². The predicted octanol–water partition coefficient (Wildman–Crippen LogP) is 3.05. The smallest absolute Gasteiger partial charge is 0.124 e. The number of hydrogen-bond acceptors (Lipinski definition) is 2. The molecule has 0 bridgehead atoms. The standard InChI is InChI=1S/C16H23N3/c1-11-6-7-15(13(10-11)16(17)18)19-9-8-12-4-2-3-5-14(12)19/h6-7,10,12,14H,2-5,8-9H2,1H3,(H3,17,18). The summed E-state index contributed by atoms with van der Waals surface area (Å²) in [4.78, 5) is 2.51. The third-order valence-corrected chi connectivity index (χ3v) is 4.76. The van der Waals surface area contributed by atoms with E-state index in [1.165, 1.54) is 43.4 Å². The summed E-state index contributed by atoms with van der Waals surface area (Å²) in [5, 5.41) is 7.82. The van der Waals surface area contributed by atoms with E-state index in [0.717, 1.165) is 18.0 Å². The first-order valence-electron chi connectivity index (χ1n) is 7.38. The molecule has 2 unspecified atom stereocenters. The number of aryl methyl sites for hydroxylation is 1. The van der Waals surface area contributed by atoms with Crippen molar-refractivity contribution in [3.63, 3.8) is 0 Å². The van der Waals surface area contributed by atoms with Crippen LogP contribution in [-0.2, 0) is 0 Å². The Morgan fingerprint density at radius 1 is 1.26 bits per heavy atom. The van der Waals surface area contributed by atoms with Crippen LogP contribution in [-0.4, -0.2) is 18.4 Å². The van der Waals surface area contributed by atoms with Crippen molar-refractivity contribution in [1.29, 1.82) is 5.41 Å². The van der Waals surface area contributed by atoms with Crippen LogP contribution in [0, 0.1) is 18.3 Å². The fraction of sp³-hybridized carbons (Fsp3) is 0.562. The van der Waals surface area contributed by atoms with Gasteiger partial charge in [0.05, 0.1) is 0 Å². The average molecular weight is 257 g/mol. The largest absolute Gasteiger partial charge is 0.384 e. The van der Waals surface area contributed by atoms with Crippen molar-refractivity contribution >= 4 is 11.5 Å². The number of rotatable bonds is 2. The Kier molecular flexibility index (Phi) is 3.21. The lowest BCUT2D eigenvalue weighted by Gasteiger charge is -2.34. The van der Waals surface area contributed by atoms with Crippen molar-refractivity contribution in [1.82, 2.24) is 0 Å². The maximum atomic E-state index is 7.82. The molecule has 3 rings (SSSR count). The second-order valence-corrected chi connectivity index (χ2v) is 6.03. The van der Waals surface area contributed by atoms with E-state index >= 15 is 0 Å². The van der Waals surface area contributed by atoms with Gasteiger partial charge in [-0.15, -0.1) is 0 Å². The highest BCUT2D eigenvalue weighted by atomic mass is 15.2. The van der Waals surface area contributed by atoms with Gasteiger partial charge in [-0.3, -0.25) is 5.41 Å². The molecule has 0 spiro atoms. The zero-order valence-corrected chi connectivity index (χ0v) is 11.7. The predicted molar refractivity (Wildman–Crippen MR) is 79.9 cm³/mol. The Balaban J connectivity index is 1.95. The lowest BCUT2D eigenvalue weighted by molar-refractivity contribution is 0.342. The summed E-state index contributed by atoms with van der Waals surface area (Å²) in [6, 6.07) is 7.02. The molecule has 1 saturated heterocycles. The first kappa shape index (κ1) is 12.5. The van der Waals surface area contributed by atoms with Crippen molar-refractivity contribution in [2.45, 2.75) is 45.1 Å². The second-order valence-electron chi connectivity index (χ2n) is 6.03. The zero-order valence-electron chi connectivity index (χ0n) is 11.7. The minimum Gasteiger partial charge on any atom is -0.384 e. The van der Waals surface area contributed by atoms with Crippen molar-refractivity contribution in [3.8, 4) is 0 Å². The summed E-state index contributed by atoms with van der Waals surface area (Å²) < 4.78 is 0. The van der Waals surface area contributed by atoms with Gasteiger partial charge < -0.3 is 10.6 Å². The molecule has 1 aliphatic carbocycles. The van der Waals surface area contributed by atoms with Gasteiger partial charge in [-0.05, 0) is 44.2 Å². The van der Waals surface area contributed by atoms with E-state index in [0.29, 0.717) is 6.04 Å². The van der Waals surface area contributed by atoms with Gasteiger partial charge in [0.1, 0.15) is 5.84 Å². The Bertz CT molecular complexity index is 495. The lowest BCUT2D eigenvalue weighted by Crippen LogP contribution is -2.36. The molecule has 0 aromatic heterocycles. The highest BCUT2D eigenvalue weighted by Gasteiger charge is 2.36. The SMILES string of the molecule is Cc1ccc(N2CCC3CCCCC32)c(C(=N)N)c1. The summed E-state index contributed by atoms with van der Waals surface area (Å²) in [6.07, 6.45) is 6.72. The van der Waals surface area contributed by atoms with Crippen LogP contribution in [0.2, 0.25) is 0 Å². The maximum absolute atomic E-state index is 7.82. The first-order chi connectivity index (χ1) is 9.16. The second kappa shape index (κ2) is 4.87. The van der Waals surface area contributed by atoms with Gasteiger partial charge in [0, 0.05) is 23.8 Å². The number of nitrogens with zero attached hydrogens (tertiary/aromatic N) is 1. The van der Waals surface area contributed by atoms with E-state index in [2.05, 4.69) is 24.0 Å². The van der Waals surface area contributed by atoms with Gasteiger partial charge in [-0.1, -0.05) is 24.5 Å². The summed E-state index contributed by atoms with van der Waals surface area (Å²) >= 11 is 0. The van der Waals surface area contributed by atoms with Gasteiger partial charge in [-0.25, -0.2) is 0 Å². The molecular formula is C16H23N3. The summed E-state index contributed by atoms with van der Waals surface area (Å²) in [5.74, 6) is 1.05. The first-order valence-corrected chi connectivity index (χ1v) is 7.38. The van der Waals surface area contributed by atoms with Crippen molar-refractivity contribution in [3.05, 3.63) is 29.3 Å². The van der Waals surface area contributed by atoms with Crippen LogP contribution in [0.5, 0.6) is 0 Å². The van der Waals surface area contributed by atoms with E-state index in [-0.39, 0.29) is 5.84 Å². The van der Waals surface area contributed by atoms with Crippen LogP contribution in [0.3, 0.4) is 0 Å². The molecule has 0 radical (unpaired) electrons. The van der Waals surface area contributed by atoms with Crippen LogP contribution in [0.25, 0.3) is 0 Å². The average Bonchev–Trinajstić information content (AvgIpc) is 2.82. The topological polar surface area (TPSA) is 53.1 Å². The van der Waals surface area contributed by atoms with E-state index in [1.807, 2.05) is 6.07 Å². The van der Waals surface area contributed by atoms with Crippen molar-refractivity contribution in [2.75, 3.05) is 11.4 Å². The summed E-state index contributed by atoms with van der Waals surface area (Å²) in [5.41, 5.74) is 9.03. The van der Waals surface area contributed by atoms with Crippen molar-refractivity contribution < 1.29 is 0 Å². The molecule has 3 N–H and O–H groups in total. The third-order valence-electron chi connectivity index (χ3n) is 4.76. The Labute approximate surface area is 115 Å². The van der Waals surface area contributed by atoms with Gasteiger partial charge in [0.15, 0.2) is 0 Å². The molecule has 2 atom stereocenters. The number of amidine groups is 1. The molecule has 3 heteroatoms. The minimum atomic E-state index is 0.193. The Morgan fingerprint density at radius 3 is 2.84 bits per heavy atom. The number of nitrogen functional groups attached to an aromatic ring is 1. The van der Waals surface area contributed by atoms with E-state index in [9.17, 15) is 0 Å². The maximum Gasteiger partial charge on any atom is 0.124 e. The summed E-state index contributed by atoms with van der Waals surface area (Å²) in [7, 11) is 0. The number of anilines is 1. The minimum absolute atomic E-state index is 0.193. The number of nitrogens with one attached hydrogen (secondary N) is 1. The van der Waals surface area contributed by atoms with Crippen LogP contribution in [0.1, 0.15) is 43.2 Å². The van der Waals surface area contributed by atoms with E-state index in [1.54, 1.807) is 0 Å². The molecule has 0 amide bonds. The fourth-order valence-electron chi connectivity index (χ4n) is 3.82. The highest BCUT2D eigenvalue weighted by Crippen LogP contribution is 2.39. The number of hydrogen-bond donors (Lipinski definition) is 2. The lowest BCUT2D eigenvalue weighted by atomic mass is 9.85. The monoisotopic (exact) mass is 257 g/mol. The molecule has 3 nitrogen and oxygen atoms in total. The third kappa shape index (κ3) is 2.22. The Hall–Kier alpha value is -1.51. The number of nitrogens with two attached hydrogens (primary N) is 1. The zero-order chi connectivity index (χ0) is 13.4. The van der Waals surface area contributed by atoms with Crippen LogP contribution in [0.15, 0.2) is 18.2 Å². The van der Waals surface area contributed by atoms with Crippen LogP contribution in [0.4, 0.5) is 5.69 Å². The molecule has 1 aromatic carbocycles. The molecule has 102 valence electrons. The Morgan fingerprint density at radius 2 is 2.05 bits per heavy atom. The molecule has 1 saturated carbocycles. The normalized spacial score (nSPS) is 26.3.